The highest BCUT2D eigenvalue weighted by atomic mass is 35.7. The van der Waals surface area contributed by atoms with Crippen molar-refractivity contribution >= 4 is 21.7 Å². The molecule has 0 aliphatic rings. The Morgan fingerprint density at radius 2 is 1.26 bits per heavy atom. The molecular formula is C21H27ClS. The molecule has 0 saturated heterocycles. The summed E-state index contributed by atoms with van der Waals surface area (Å²) in [5.41, 5.74) is 10.8. The predicted molar refractivity (Wildman–Crippen MR) is 106 cm³/mol. The highest BCUT2D eigenvalue weighted by Crippen LogP contribution is 2.46. The van der Waals surface area contributed by atoms with Gasteiger partial charge in [0.1, 0.15) is 0 Å². The zero-order valence-corrected chi connectivity index (χ0v) is 16.9. The Bertz CT molecular complexity index is 710. The number of rotatable bonds is 4. The first-order valence-corrected chi connectivity index (χ1v) is 9.87. The summed E-state index contributed by atoms with van der Waals surface area (Å²) in [5.74, 6) is 0. The number of hydrogen-bond acceptors (Lipinski definition) is 1. The second-order valence-electron chi connectivity index (χ2n) is 6.78. The first-order valence-electron chi connectivity index (χ1n) is 8.23. The summed E-state index contributed by atoms with van der Waals surface area (Å²) in [7, 11) is 7.83. The molecule has 1 unspecified atom stereocenters. The monoisotopic (exact) mass is 346 g/mol. The van der Waals surface area contributed by atoms with Gasteiger partial charge < -0.3 is 0 Å². The number of halogens is 1. The van der Waals surface area contributed by atoms with E-state index >= 15 is 0 Å². The van der Waals surface area contributed by atoms with Gasteiger partial charge in [-0.25, -0.2) is 0 Å². The molecule has 0 N–H and O–H groups in total. The van der Waals surface area contributed by atoms with Gasteiger partial charge in [-0.1, -0.05) is 31.2 Å². The molecule has 124 valence electrons. The van der Waals surface area contributed by atoms with Crippen molar-refractivity contribution in [3.05, 3.63) is 68.8 Å². The van der Waals surface area contributed by atoms with Gasteiger partial charge in [0.2, 0.25) is 0 Å². The van der Waals surface area contributed by atoms with Crippen LogP contribution in [0.4, 0.5) is 0 Å². The molecule has 0 bridgehead atoms. The van der Waals surface area contributed by atoms with E-state index in [0.717, 1.165) is 6.42 Å². The highest BCUT2D eigenvalue weighted by Gasteiger charge is 2.31. The first-order chi connectivity index (χ1) is 10.7. The van der Waals surface area contributed by atoms with Gasteiger partial charge in [-0.05, 0) is 114 Å². The molecule has 0 radical (unpaired) electrons. The second-order valence-corrected chi connectivity index (χ2v) is 8.21. The zero-order valence-electron chi connectivity index (χ0n) is 15.3. The van der Waals surface area contributed by atoms with E-state index in [2.05, 4.69) is 72.7 Å². The Labute approximate surface area is 150 Å². The Balaban J connectivity index is 2.68. The standard InChI is InChI=1S/C21H27ClS/c1-8-18-12-20(11-15(4)17(18)6)21(7,23-22)19-9-13(2)16(5)14(3)10-19/h9-12H,8H2,1-7H3. The smallest absolute Gasteiger partial charge is 0.0613 e. The van der Waals surface area contributed by atoms with Gasteiger partial charge in [0.05, 0.1) is 4.75 Å². The fourth-order valence-corrected chi connectivity index (χ4v) is 4.09. The largest absolute Gasteiger partial charge is 0.0780 e. The molecule has 1 atom stereocenters. The van der Waals surface area contributed by atoms with E-state index in [1.54, 1.807) is 0 Å². The van der Waals surface area contributed by atoms with Crippen LogP contribution in [0.5, 0.6) is 0 Å². The van der Waals surface area contributed by atoms with Crippen LogP contribution in [0.15, 0.2) is 24.3 Å². The van der Waals surface area contributed by atoms with Crippen LogP contribution in [-0.2, 0) is 11.2 Å². The van der Waals surface area contributed by atoms with E-state index in [-0.39, 0.29) is 4.75 Å². The van der Waals surface area contributed by atoms with Crippen molar-refractivity contribution in [1.82, 2.24) is 0 Å². The maximum Gasteiger partial charge on any atom is 0.0780 e. The van der Waals surface area contributed by atoms with Gasteiger partial charge in [0.15, 0.2) is 0 Å². The summed E-state index contributed by atoms with van der Waals surface area (Å²) in [5, 5.41) is 0. The average Bonchev–Trinajstić information content (AvgIpc) is 2.53. The summed E-state index contributed by atoms with van der Waals surface area (Å²) in [6, 6.07) is 9.22. The molecule has 0 nitrogen and oxygen atoms in total. The minimum Gasteiger partial charge on any atom is -0.0613 e. The van der Waals surface area contributed by atoms with Crippen molar-refractivity contribution in [2.75, 3.05) is 0 Å². The normalized spacial score (nSPS) is 13.9. The molecule has 0 aromatic heterocycles. The molecule has 2 rings (SSSR count). The zero-order chi connectivity index (χ0) is 17.4. The molecule has 0 aliphatic heterocycles. The third-order valence-corrected chi connectivity index (χ3v) is 7.04. The summed E-state index contributed by atoms with van der Waals surface area (Å²) in [6.07, 6.45) is 1.05. The predicted octanol–water partition coefficient (Wildman–Crippen LogP) is 6.94. The molecule has 0 amide bonds. The van der Waals surface area contributed by atoms with Gasteiger partial charge >= 0.3 is 0 Å². The number of aryl methyl sites for hydroxylation is 4. The first kappa shape index (κ1) is 18.4. The van der Waals surface area contributed by atoms with Crippen molar-refractivity contribution in [2.24, 2.45) is 0 Å². The van der Waals surface area contributed by atoms with Crippen molar-refractivity contribution in [1.29, 1.82) is 0 Å². The Morgan fingerprint density at radius 3 is 1.70 bits per heavy atom. The van der Waals surface area contributed by atoms with E-state index in [0.29, 0.717) is 0 Å². The molecule has 0 fully saturated rings. The highest BCUT2D eigenvalue weighted by molar-refractivity contribution is 8.21. The van der Waals surface area contributed by atoms with Crippen molar-refractivity contribution in [2.45, 2.75) is 59.6 Å². The van der Waals surface area contributed by atoms with Gasteiger partial charge in [0.25, 0.3) is 0 Å². The van der Waals surface area contributed by atoms with Crippen LogP contribution in [0.2, 0.25) is 0 Å². The summed E-state index contributed by atoms with van der Waals surface area (Å²) >= 11 is 0. The van der Waals surface area contributed by atoms with Crippen LogP contribution >= 0.6 is 21.7 Å². The molecule has 0 heterocycles. The maximum absolute atomic E-state index is 6.43. The van der Waals surface area contributed by atoms with Gasteiger partial charge in [-0.2, -0.15) is 0 Å². The lowest BCUT2D eigenvalue weighted by molar-refractivity contribution is 0.833. The van der Waals surface area contributed by atoms with Crippen LogP contribution < -0.4 is 0 Å². The summed E-state index contributed by atoms with van der Waals surface area (Å²) in [6.45, 7) is 15.4. The van der Waals surface area contributed by atoms with Gasteiger partial charge in [-0.15, -0.1) is 0 Å². The van der Waals surface area contributed by atoms with Crippen LogP contribution in [0.1, 0.15) is 58.4 Å². The molecule has 23 heavy (non-hydrogen) atoms. The lowest BCUT2D eigenvalue weighted by Crippen LogP contribution is -2.19. The average molecular weight is 347 g/mol. The van der Waals surface area contributed by atoms with E-state index in [9.17, 15) is 0 Å². The SMILES string of the molecule is CCc1cc(C(C)(SCl)c2cc(C)c(C)c(C)c2)cc(C)c1C. The fourth-order valence-electron chi connectivity index (χ4n) is 3.14. The molecular weight excluding hydrogens is 320 g/mol. The van der Waals surface area contributed by atoms with Crippen molar-refractivity contribution in [3.63, 3.8) is 0 Å². The Hall–Kier alpha value is -0.920. The Morgan fingerprint density at radius 1 is 0.826 bits per heavy atom. The van der Waals surface area contributed by atoms with E-state index < -0.39 is 0 Å². The van der Waals surface area contributed by atoms with Crippen LogP contribution in [0, 0.1) is 34.6 Å². The van der Waals surface area contributed by atoms with Gasteiger partial charge in [0, 0.05) is 0 Å². The quantitative estimate of drug-likeness (QED) is 0.577. The maximum atomic E-state index is 6.43. The molecule has 0 aliphatic carbocycles. The minimum absolute atomic E-state index is 0.243. The van der Waals surface area contributed by atoms with Gasteiger partial charge in [-0.3, -0.25) is 0 Å². The number of benzene rings is 2. The van der Waals surface area contributed by atoms with E-state index in [1.165, 1.54) is 55.5 Å². The number of hydrogen-bond donors (Lipinski definition) is 0. The van der Waals surface area contributed by atoms with Crippen molar-refractivity contribution < 1.29 is 0 Å². The summed E-state index contributed by atoms with van der Waals surface area (Å²) in [4.78, 5) is 0. The molecule has 2 aromatic carbocycles. The minimum atomic E-state index is -0.243. The van der Waals surface area contributed by atoms with E-state index in [1.807, 2.05) is 0 Å². The topological polar surface area (TPSA) is 0 Å². The van der Waals surface area contributed by atoms with Crippen LogP contribution in [0.3, 0.4) is 0 Å². The van der Waals surface area contributed by atoms with Crippen LogP contribution in [0.25, 0.3) is 0 Å². The lowest BCUT2D eigenvalue weighted by atomic mass is 9.85. The third kappa shape index (κ3) is 3.32. The molecule has 0 spiro atoms. The molecule has 2 aromatic rings. The summed E-state index contributed by atoms with van der Waals surface area (Å²) < 4.78 is -0.243. The second kappa shape index (κ2) is 6.91. The van der Waals surface area contributed by atoms with Crippen molar-refractivity contribution in [3.8, 4) is 0 Å². The molecule has 2 heteroatoms. The fraction of sp³-hybridized carbons (Fsp3) is 0.429. The Kier molecular flexibility index (Phi) is 5.53. The third-order valence-electron chi connectivity index (χ3n) is 5.34. The van der Waals surface area contributed by atoms with E-state index in [4.69, 9.17) is 10.7 Å². The van der Waals surface area contributed by atoms with Crippen LogP contribution in [-0.4, -0.2) is 0 Å². The molecule has 0 saturated carbocycles. The lowest BCUT2D eigenvalue weighted by Gasteiger charge is -2.30.